The summed E-state index contributed by atoms with van der Waals surface area (Å²) in [5.41, 5.74) is 3.18. The third-order valence-electron chi connectivity index (χ3n) is 3.26. The molecule has 0 aliphatic carbocycles. The van der Waals surface area contributed by atoms with E-state index in [4.69, 9.17) is 16.7 Å². The van der Waals surface area contributed by atoms with E-state index < -0.39 is 0 Å². The second-order valence-electron chi connectivity index (χ2n) is 4.60. The highest BCUT2D eigenvalue weighted by Crippen LogP contribution is 2.38. The Balaban J connectivity index is 2.08. The minimum atomic E-state index is -0.0778. The van der Waals surface area contributed by atoms with Crippen molar-refractivity contribution in [3.63, 3.8) is 0 Å². The highest BCUT2D eigenvalue weighted by Gasteiger charge is 2.24. The van der Waals surface area contributed by atoms with Crippen LogP contribution in [0.3, 0.4) is 0 Å². The number of rotatable bonds is 2. The molecule has 4 nitrogen and oxygen atoms in total. The van der Waals surface area contributed by atoms with Crippen molar-refractivity contribution >= 4 is 34.6 Å². The molecular formula is C15H13ClN2O2. The van der Waals surface area contributed by atoms with Gasteiger partial charge in [0.1, 0.15) is 6.54 Å². The zero-order valence-corrected chi connectivity index (χ0v) is 11.4. The number of hydrogen-bond acceptors (Lipinski definition) is 3. The highest BCUT2D eigenvalue weighted by atomic mass is 35.5. The van der Waals surface area contributed by atoms with E-state index in [1.54, 1.807) is 12.1 Å². The minimum absolute atomic E-state index is 0.0585. The lowest BCUT2D eigenvalue weighted by molar-refractivity contribution is -0.115. The Morgan fingerprint density at radius 3 is 2.75 bits per heavy atom. The van der Waals surface area contributed by atoms with E-state index in [2.05, 4.69) is 5.32 Å². The van der Waals surface area contributed by atoms with Gasteiger partial charge < -0.3 is 15.3 Å². The third-order valence-corrected chi connectivity index (χ3v) is 3.56. The third kappa shape index (κ3) is 2.24. The summed E-state index contributed by atoms with van der Waals surface area (Å²) in [4.78, 5) is 13.7. The Kier molecular flexibility index (Phi) is 3.34. The van der Waals surface area contributed by atoms with E-state index in [-0.39, 0.29) is 19.1 Å². The summed E-state index contributed by atoms with van der Waals surface area (Å²) in [5, 5.41) is 12.5. The van der Waals surface area contributed by atoms with Crippen LogP contribution in [0, 0.1) is 0 Å². The van der Waals surface area contributed by atoms with Gasteiger partial charge in [-0.2, -0.15) is 0 Å². The molecule has 0 spiro atoms. The van der Waals surface area contributed by atoms with Gasteiger partial charge in [-0.25, -0.2) is 0 Å². The zero-order valence-electron chi connectivity index (χ0n) is 10.6. The van der Waals surface area contributed by atoms with Crippen molar-refractivity contribution in [2.75, 3.05) is 16.8 Å². The molecular weight excluding hydrogens is 276 g/mol. The molecule has 5 heteroatoms. The lowest BCUT2D eigenvalue weighted by Crippen LogP contribution is -2.35. The number of nitrogens with one attached hydrogen (secondary N) is 1. The van der Waals surface area contributed by atoms with Crippen molar-refractivity contribution in [1.82, 2.24) is 0 Å². The molecule has 0 radical (unpaired) electrons. The van der Waals surface area contributed by atoms with Gasteiger partial charge in [0, 0.05) is 0 Å². The molecule has 0 saturated heterocycles. The SMILES string of the molecule is O=C1CN(c2ccc(CO)cc2Cl)c2ccccc2N1. The van der Waals surface area contributed by atoms with Crippen LogP contribution in [0.5, 0.6) is 0 Å². The summed E-state index contributed by atoms with van der Waals surface area (Å²) in [5.74, 6) is -0.0778. The first kappa shape index (κ1) is 13.0. The van der Waals surface area contributed by atoms with Crippen LogP contribution in [0.25, 0.3) is 0 Å². The second kappa shape index (κ2) is 5.15. The topological polar surface area (TPSA) is 52.6 Å². The molecule has 0 unspecified atom stereocenters. The smallest absolute Gasteiger partial charge is 0.244 e. The van der Waals surface area contributed by atoms with Gasteiger partial charge in [0.05, 0.1) is 28.7 Å². The summed E-state index contributed by atoms with van der Waals surface area (Å²) in [7, 11) is 0. The predicted molar refractivity (Wildman–Crippen MR) is 79.5 cm³/mol. The van der Waals surface area contributed by atoms with Crippen LogP contribution in [-0.4, -0.2) is 17.6 Å². The fraction of sp³-hybridized carbons (Fsp3) is 0.133. The Labute approximate surface area is 121 Å². The van der Waals surface area contributed by atoms with Crippen molar-refractivity contribution in [2.24, 2.45) is 0 Å². The number of carbonyl (C=O) groups excluding carboxylic acids is 1. The maximum atomic E-state index is 11.8. The molecule has 0 aromatic heterocycles. The quantitative estimate of drug-likeness (QED) is 0.893. The van der Waals surface area contributed by atoms with E-state index >= 15 is 0 Å². The molecule has 1 heterocycles. The van der Waals surface area contributed by atoms with Crippen LogP contribution in [-0.2, 0) is 11.4 Å². The van der Waals surface area contributed by atoms with Crippen LogP contribution in [0.1, 0.15) is 5.56 Å². The lowest BCUT2D eigenvalue weighted by Gasteiger charge is -2.31. The van der Waals surface area contributed by atoms with Gasteiger partial charge in [-0.3, -0.25) is 4.79 Å². The molecule has 0 atom stereocenters. The number of amides is 1. The van der Waals surface area contributed by atoms with E-state index in [1.807, 2.05) is 35.2 Å². The molecule has 20 heavy (non-hydrogen) atoms. The van der Waals surface area contributed by atoms with Crippen molar-refractivity contribution in [2.45, 2.75) is 6.61 Å². The molecule has 0 saturated carbocycles. The Morgan fingerprint density at radius 1 is 1.20 bits per heavy atom. The van der Waals surface area contributed by atoms with Gasteiger partial charge in [-0.05, 0) is 29.8 Å². The number of aliphatic hydroxyl groups excluding tert-OH is 1. The Bertz CT molecular complexity index is 673. The average molecular weight is 289 g/mol. The second-order valence-corrected chi connectivity index (χ2v) is 5.00. The van der Waals surface area contributed by atoms with Crippen LogP contribution < -0.4 is 10.2 Å². The standard InChI is InChI=1S/C15H13ClN2O2/c16-11-7-10(9-19)5-6-13(11)18-8-15(20)17-12-3-1-2-4-14(12)18/h1-7,19H,8-9H2,(H,17,20). The highest BCUT2D eigenvalue weighted by molar-refractivity contribution is 6.33. The molecule has 2 N–H and O–H groups in total. The van der Waals surface area contributed by atoms with Crippen molar-refractivity contribution in [3.8, 4) is 0 Å². The normalized spacial score (nSPS) is 13.9. The van der Waals surface area contributed by atoms with Crippen LogP contribution in [0.4, 0.5) is 17.1 Å². The largest absolute Gasteiger partial charge is 0.392 e. The van der Waals surface area contributed by atoms with Gasteiger partial charge in [-0.1, -0.05) is 29.8 Å². The number of halogens is 1. The number of hydrogen-bond donors (Lipinski definition) is 2. The van der Waals surface area contributed by atoms with Crippen LogP contribution >= 0.6 is 11.6 Å². The summed E-state index contributed by atoms with van der Waals surface area (Å²) in [6, 6.07) is 12.9. The number of carbonyl (C=O) groups is 1. The molecule has 3 rings (SSSR count). The molecule has 1 aliphatic heterocycles. The summed E-state index contributed by atoms with van der Waals surface area (Å²) >= 11 is 6.27. The number of fused-ring (bicyclic) bond motifs is 1. The first-order chi connectivity index (χ1) is 9.69. The summed E-state index contributed by atoms with van der Waals surface area (Å²) < 4.78 is 0. The first-order valence-electron chi connectivity index (χ1n) is 6.25. The maximum Gasteiger partial charge on any atom is 0.244 e. The van der Waals surface area contributed by atoms with Gasteiger partial charge in [0.15, 0.2) is 0 Å². The van der Waals surface area contributed by atoms with Gasteiger partial charge in [-0.15, -0.1) is 0 Å². The fourth-order valence-corrected chi connectivity index (χ4v) is 2.62. The number of aliphatic hydroxyl groups is 1. The minimum Gasteiger partial charge on any atom is -0.392 e. The Morgan fingerprint density at radius 2 is 2.00 bits per heavy atom. The predicted octanol–water partition coefficient (Wildman–Crippen LogP) is 2.92. The number of benzene rings is 2. The van der Waals surface area contributed by atoms with Crippen LogP contribution in [0.15, 0.2) is 42.5 Å². The molecule has 102 valence electrons. The number of nitrogens with zero attached hydrogens (tertiary/aromatic N) is 1. The van der Waals surface area contributed by atoms with E-state index in [1.165, 1.54) is 0 Å². The van der Waals surface area contributed by atoms with Gasteiger partial charge in [0.25, 0.3) is 0 Å². The van der Waals surface area contributed by atoms with E-state index in [0.29, 0.717) is 5.02 Å². The molecule has 1 amide bonds. The monoisotopic (exact) mass is 288 g/mol. The molecule has 0 bridgehead atoms. The van der Waals surface area contributed by atoms with Crippen LogP contribution in [0.2, 0.25) is 5.02 Å². The van der Waals surface area contributed by atoms with Crippen molar-refractivity contribution in [1.29, 1.82) is 0 Å². The average Bonchev–Trinajstić information content (AvgIpc) is 2.46. The van der Waals surface area contributed by atoms with Gasteiger partial charge in [0.2, 0.25) is 5.91 Å². The maximum absolute atomic E-state index is 11.8. The van der Waals surface area contributed by atoms with E-state index in [9.17, 15) is 4.79 Å². The molecule has 0 fully saturated rings. The molecule has 2 aromatic carbocycles. The van der Waals surface area contributed by atoms with Crippen molar-refractivity contribution in [3.05, 3.63) is 53.1 Å². The van der Waals surface area contributed by atoms with Crippen molar-refractivity contribution < 1.29 is 9.90 Å². The zero-order chi connectivity index (χ0) is 14.1. The summed E-state index contributed by atoms with van der Waals surface area (Å²) in [6.45, 7) is 0.159. The Hall–Kier alpha value is -2.04. The summed E-state index contributed by atoms with van der Waals surface area (Å²) in [6.07, 6.45) is 0. The van der Waals surface area contributed by atoms with E-state index in [0.717, 1.165) is 22.6 Å². The lowest BCUT2D eigenvalue weighted by atomic mass is 10.1. The number of para-hydroxylation sites is 2. The number of anilines is 3. The molecule has 1 aliphatic rings. The fourth-order valence-electron chi connectivity index (χ4n) is 2.32. The molecule has 2 aromatic rings. The van der Waals surface area contributed by atoms with Gasteiger partial charge >= 0.3 is 0 Å². The first-order valence-corrected chi connectivity index (χ1v) is 6.62.